The van der Waals surface area contributed by atoms with Crippen LogP contribution in [0.2, 0.25) is 0 Å². The molecule has 0 aliphatic carbocycles. The van der Waals surface area contributed by atoms with E-state index >= 15 is 0 Å². The molecule has 0 amide bonds. The van der Waals surface area contributed by atoms with Crippen molar-refractivity contribution in [3.05, 3.63) is 47.0 Å². The molecule has 3 nitrogen and oxygen atoms in total. The molecule has 3 aromatic rings. The second-order valence-corrected chi connectivity index (χ2v) is 6.20. The number of imidazole rings is 1. The number of aryl methyl sites for hydroxylation is 1. The minimum Gasteiger partial charge on any atom is -0.507 e. The topological polar surface area (TPSA) is 48.9 Å². The van der Waals surface area contributed by atoms with Crippen molar-refractivity contribution in [1.82, 2.24) is 9.97 Å². The Bertz CT molecular complexity index is 911. The molecule has 0 spiro atoms. The van der Waals surface area contributed by atoms with E-state index in [0.717, 1.165) is 17.7 Å². The van der Waals surface area contributed by atoms with Crippen molar-refractivity contribution in [2.24, 2.45) is 0 Å². The fourth-order valence-electron chi connectivity index (χ4n) is 2.63. The molecule has 6 heteroatoms. The van der Waals surface area contributed by atoms with Crippen molar-refractivity contribution in [3.8, 4) is 17.1 Å². The molecule has 1 aromatic heterocycles. The Balaban J connectivity index is 2.16. The van der Waals surface area contributed by atoms with Gasteiger partial charge in [-0.15, -0.1) is 0 Å². The van der Waals surface area contributed by atoms with Gasteiger partial charge in [0.05, 0.1) is 22.2 Å². The first kappa shape index (κ1) is 16.4. The average molecular weight is 334 g/mol. The summed E-state index contributed by atoms with van der Waals surface area (Å²) in [6, 6.07) is 7.07. The van der Waals surface area contributed by atoms with Gasteiger partial charge >= 0.3 is 6.18 Å². The molecule has 0 unspecified atom stereocenters. The Morgan fingerprint density at radius 2 is 1.83 bits per heavy atom. The zero-order valence-electron chi connectivity index (χ0n) is 13.5. The minimum atomic E-state index is -4.41. The normalized spacial score (nSPS) is 12.3. The van der Waals surface area contributed by atoms with E-state index in [0.29, 0.717) is 22.5 Å². The number of nitrogens with one attached hydrogen (secondary N) is 1. The van der Waals surface area contributed by atoms with E-state index in [1.54, 1.807) is 6.92 Å². The van der Waals surface area contributed by atoms with E-state index in [-0.39, 0.29) is 17.2 Å². The van der Waals surface area contributed by atoms with Gasteiger partial charge in [-0.3, -0.25) is 0 Å². The molecule has 0 aliphatic rings. The van der Waals surface area contributed by atoms with Crippen LogP contribution >= 0.6 is 0 Å². The molecule has 0 radical (unpaired) electrons. The number of H-pyrrole nitrogens is 1. The zero-order chi connectivity index (χ0) is 17.6. The van der Waals surface area contributed by atoms with Crippen LogP contribution in [0.25, 0.3) is 22.4 Å². The van der Waals surface area contributed by atoms with Crippen LogP contribution in [0, 0.1) is 6.92 Å². The van der Waals surface area contributed by atoms with Gasteiger partial charge in [0.25, 0.3) is 0 Å². The molecule has 0 saturated heterocycles. The summed E-state index contributed by atoms with van der Waals surface area (Å²) in [7, 11) is 0. The Hall–Kier alpha value is -2.50. The lowest BCUT2D eigenvalue weighted by atomic mass is 9.97. The summed E-state index contributed by atoms with van der Waals surface area (Å²) in [6.07, 6.45) is -4.41. The highest BCUT2D eigenvalue weighted by Crippen LogP contribution is 2.36. The fourth-order valence-corrected chi connectivity index (χ4v) is 2.63. The molecule has 2 aromatic carbocycles. The number of benzene rings is 2. The SMILES string of the molecule is Cc1cc(C(C)C)cc(-c2nc3ccc(C(F)(F)F)cc3[nH]2)c1O. The van der Waals surface area contributed by atoms with Gasteiger partial charge in [0, 0.05) is 0 Å². The van der Waals surface area contributed by atoms with E-state index in [4.69, 9.17) is 0 Å². The standard InChI is InChI=1S/C18H17F3N2O/c1-9(2)11-6-10(3)16(24)13(7-11)17-22-14-5-4-12(18(19,20)21)8-15(14)23-17/h4-9,24H,1-3H3,(H,22,23). The molecule has 1 heterocycles. The number of phenols is 1. The third kappa shape index (κ3) is 2.84. The number of hydrogen-bond donors (Lipinski definition) is 2. The molecule has 0 saturated carbocycles. The van der Waals surface area contributed by atoms with Crippen LogP contribution in [-0.4, -0.2) is 15.1 Å². The maximum atomic E-state index is 12.8. The fraction of sp³-hybridized carbons (Fsp3) is 0.278. The number of alkyl halides is 3. The highest BCUT2D eigenvalue weighted by Gasteiger charge is 2.30. The van der Waals surface area contributed by atoms with Crippen LogP contribution in [0.5, 0.6) is 5.75 Å². The number of phenolic OH excluding ortho intramolecular Hbond substituents is 1. The molecule has 126 valence electrons. The number of nitrogens with zero attached hydrogens (tertiary/aromatic N) is 1. The average Bonchev–Trinajstić information content (AvgIpc) is 2.91. The molecule has 2 N–H and O–H groups in total. The predicted molar refractivity (Wildman–Crippen MR) is 87.0 cm³/mol. The first-order chi connectivity index (χ1) is 11.2. The van der Waals surface area contributed by atoms with Crippen molar-refractivity contribution < 1.29 is 18.3 Å². The summed E-state index contributed by atoms with van der Waals surface area (Å²) in [6.45, 7) is 5.85. The van der Waals surface area contributed by atoms with Gasteiger partial charge in [-0.1, -0.05) is 19.9 Å². The maximum absolute atomic E-state index is 12.8. The Morgan fingerprint density at radius 1 is 1.12 bits per heavy atom. The van der Waals surface area contributed by atoms with Gasteiger partial charge in [0.15, 0.2) is 0 Å². The molecule has 24 heavy (non-hydrogen) atoms. The van der Waals surface area contributed by atoms with Crippen LogP contribution in [-0.2, 0) is 6.18 Å². The smallest absolute Gasteiger partial charge is 0.416 e. The van der Waals surface area contributed by atoms with E-state index < -0.39 is 11.7 Å². The highest BCUT2D eigenvalue weighted by atomic mass is 19.4. The Kier molecular flexibility index (Phi) is 3.78. The number of fused-ring (bicyclic) bond motifs is 1. The Labute approximate surface area is 137 Å². The van der Waals surface area contributed by atoms with E-state index in [2.05, 4.69) is 9.97 Å². The third-order valence-electron chi connectivity index (χ3n) is 4.05. The summed E-state index contributed by atoms with van der Waals surface area (Å²) in [5, 5.41) is 10.3. The van der Waals surface area contributed by atoms with Gasteiger partial charge in [-0.25, -0.2) is 4.98 Å². The van der Waals surface area contributed by atoms with Crippen molar-refractivity contribution >= 4 is 11.0 Å². The number of halogens is 3. The monoisotopic (exact) mass is 334 g/mol. The van der Waals surface area contributed by atoms with E-state index in [1.165, 1.54) is 6.07 Å². The first-order valence-corrected chi connectivity index (χ1v) is 7.57. The second kappa shape index (κ2) is 5.54. The minimum absolute atomic E-state index is 0.0782. The van der Waals surface area contributed by atoms with Gasteiger partial charge in [0.2, 0.25) is 0 Å². The van der Waals surface area contributed by atoms with Gasteiger partial charge in [-0.05, 0) is 48.2 Å². The molecular formula is C18H17F3N2O. The molecule has 3 rings (SSSR count). The first-order valence-electron chi connectivity index (χ1n) is 7.57. The summed E-state index contributed by atoms with van der Waals surface area (Å²) >= 11 is 0. The number of aromatic hydroxyl groups is 1. The molecule has 0 aliphatic heterocycles. The van der Waals surface area contributed by atoms with Crippen LogP contribution < -0.4 is 0 Å². The lowest BCUT2D eigenvalue weighted by molar-refractivity contribution is -0.137. The van der Waals surface area contributed by atoms with Gasteiger partial charge < -0.3 is 10.1 Å². The number of aromatic amines is 1. The van der Waals surface area contributed by atoms with E-state index in [1.807, 2.05) is 26.0 Å². The van der Waals surface area contributed by atoms with Crippen LogP contribution in [0.1, 0.15) is 36.5 Å². The molecule has 0 atom stereocenters. The summed E-state index contributed by atoms with van der Waals surface area (Å²) in [5.74, 6) is 0.686. The van der Waals surface area contributed by atoms with Crippen molar-refractivity contribution in [2.75, 3.05) is 0 Å². The van der Waals surface area contributed by atoms with Crippen molar-refractivity contribution in [2.45, 2.75) is 32.9 Å². The lowest BCUT2D eigenvalue weighted by Gasteiger charge is -2.11. The number of rotatable bonds is 2. The third-order valence-corrected chi connectivity index (χ3v) is 4.05. The van der Waals surface area contributed by atoms with Crippen molar-refractivity contribution in [1.29, 1.82) is 0 Å². The number of aromatic nitrogens is 2. The van der Waals surface area contributed by atoms with Gasteiger partial charge in [-0.2, -0.15) is 13.2 Å². The predicted octanol–water partition coefficient (Wildman–Crippen LogP) is 5.39. The van der Waals surface area contributed by atoms with Crippen LogP contribution in [0.3, 0.4) is 0 Å². The largest absolute Gasteiger partial charge is 0.507 e. The molecular weight excluding hydrogens is 317 g/mol. The summed E-state index contributed by atoms with van der Waals surface area (Å²) in [4.78, 5) is 7.21. The summed E-state index contributed by atoms with van der Waals surface area (Å²) < 4.78 is 38.5. The maximum Gasteiger partial charge on any atom is 0.416 e. The summed E-state index contributed by atoms with van der Waals surface area (Å²) in [5.41, 5.74) is 2.19. The lowest BCUT2D eigenvalue weighted by Crippen LogP contribution is -2.04. The van der Waals surface area contributed by atoms with Crippen molar-refractivity contribution in [3.63, 3.8) is 0 Å². The second-order valence-electron chi connectivity index (χ2n) is 6.20. The quantitative estimate of drug-likeness (QED) is 0.660. The van der Waals surface area contributed by atoms with Crippen LogP contribution in [0.15, 0.2) is 30.3 Å². The van der Waals surface area contributed by atoms with Crippen LogP contribution in [0.4, 0.5) is 13.2 Å². The zero-order valence-corrected chi connectivity index (χ0v) is 13.5. The Morgan fingerprint density at radius 3 is 2.46 bits per heavy atom. The number of hydrogen-bond acceptors (Lipinski definition) is 2. The highest BCUT2D eigenvalue weighted by molar-refractivity contribution is 5.82. The van der Waals surface area contributed by atoms with Gasteiger partial charge in [0.1, 0.15) is 11.6 Å². The molecule has 0 bridgehead atoms. The van der Waals surface area contributed by atoms with E-state index in [9.17, 15) is 18.3 Å². The molecule has 0 fully saturated rings.